The van der Waals surface area contributed by atoms with Crippen LogP contribution in [0.5, 0.6) is 0 Å². The molecule has 0 saturated heterocycles. The zero-order chi connectivity index (χ0) is 15.2. The van der Waals surface area contributed by atoms with Crippen LogP contribution in [0.1, 0.15) is 31.1 Å². The molecule has 0 saturated carbocycles. The van der Waals surface area contributed by atoms with Crippen molar-refractivity contribution in [3.05, 3.63) is 53.9 Å². The Morgan fingerprint density at radius 3 is 2.50 bits per heavy atom. The van der Waals surface area contributed by atoms with Gasteiger partial charge in [-0.15, -0.1) is 12.4 Å². The van der Waals surface area contributed by atoms with Crippen LogP contribution in [-0.2, 0) is 0 Å². The van der Waals surface area contributed by atoms with Crippen LogP contribution in [0.4, 0.5) is 0 Å². The van der Waals surface area contributed by atoms with E-state index < -0.39 is 6.10 Å². The molecular formula is C16H21ClN4O. The summed E-state index contributed by atoms with van der Waals surface area (Å²) in [6.45, 7) is 4.52. The van der Waals surface area contributed by atoms with Crippen LogP contribution >= 0.6 is 12.4 Å². The minimum Gasteiger partial charge on any atom is -0.389 e. The minimum absolute atomic E-state index is 0. The van der Waals surface area contributed by atoms with Crippen LogP contribution in [0, 0.1) is 11.3 Å². The van der Waals surface area contributed by atoms with E-state index in [-0.39, 0.29) is 18.4 Å². The Kier molecular flexibility index (Phi) is 7.06. The first kappa shape index (κ1) is 18.2. The van der Waals surface area contributed by atoms with Gasteiger partial charge in [0.15, 0.2) is 5.69 Å². The number of aliphatic hydroxyl groups is 1. The first-order valence-electron chi connectivity index (χ1n) is 7.03. The van der Waals surface area contributed by atoms with Crippen molar-refractivity contribution in [2.45, 2.75) is 32.0 Å². The highest BCUT2D eigenvalue weighted by Crippen LogP contribution is 2.21. The van der Waals surface area contributed by atoms with Gasteiger partial charge in [-0.3, -0.25) is 4.68 Å². The minimum atomic E-state index is -0.638. The lowest BCUT2D eigenvalue weighted by Gasteiger charge is -2.25. The largest absolute Gasteiger partial charge is 0.389 e. The van der Waals surface area contributed by atoms with Gasteiger partial charge in [0.05, 0.1) is 6.10 Å². The van der Waals surface area contributed by atoms with Gasteiger partial charge in [0.25, 0.3) is 0 Å². The first-order chi connectivity index (χ1) is 10.1. The Hall–Kier alpha value is -1.87. The van der Waals surface area contributed by atoms with E-state index in [2.05, 4.69) is 10.4 Å². The van der Waals surface area contributed by atoms with E-state index in [1.54, 1.807) is 16.9 Å². The highest BCUT2D eigenvalue weighted by Gasteiger charge is 2.24. The number of nitriles is 1. The van der Waals surface area contributed by atoms with Gasteiger partial charge in [-0.05, 0) is 11.6 Å². The van der Waals surface area contributed by atoms with Gasteiger partial charge < -0.3 is 10.4 Å². The van der Waals surface area contributed by atoms with Crippen molar-refractivity contribution in [2.24, 2.45) is 0 Å². The topological polar surface area (TPSA) is 73.9 Å². The van der Waals surface area contributed by atoms with E-state index >= 15 is 0 Å². The zero-order valence-corrected chi connectivity index (χ0v) is 13.5. The molecule has 0 aliphatic heterocycles. The van der Waals surface area contributed by atoms with Crippen LogP contribution in [0.25, 0.3) is 0 Å². The fraction of sp³-hybridized carbons (Fsp3) is 0.375. The molecule has 2 N–H and O–H groups in total. The molecule has 2 unspecified atom stereocenters. The van der Waals surface area contributed by atoms with Crippen molar-refractivity contribution in [3.8, 4) is 6.07 Å². The Morgan fingerprint density at radius 2 is 1.95 bits per heavy atom. The summed E-state index contributed by atoms with van der Waals surface area (Å²) < 4.78 is 1.65. The van der Waals surface area contributed by atoms with Crippen LogP contribution in [-0.4, -0.2) is 33.6 Å². The maximum atomic E-state index is 10.5. The summed E-state index contributed by atoms with van der Waals surface area (Å²) in [5.41, 5.74) is 1.31. The van der Waals surface area contributed by atoms with E-state index in [1.165, 1.54) is 0 Å². The number of benzene rings is 1. The number of aromatic nitrogens is 2. The Bertz CT molecular complexity index is 606. The number of rotatable bonds is 6. The van der Waals surface area contributed by atoms with Crippen molar-refractivity contribution >= 4 is 12.4 Å². The molecule has 0 fully saturated rings. The molecule has 0 aliphatic rings. The molecular weight excluding hydrogens is 300 g/mol. The van der Waals surface area contributed by atoms with Crippen molar-refractivity contribution in [1.29, 1.82) is 5.26 Å². The average Bonchev–Trinajstić information content (AvgIpc) is 2.95. The van der Waals surface area contributed by atoms with Gasteiger partial charge in [-0.25, -0.2) is 0 Å². The Labute approximate surface area is 137 Å². The molecule has 2 aromatic rings. The predicted molar refractivity (Wildman–Crippen MR) is 87.9 cm³/mol. The first-order valence-corrected chi connectivity index (χ1v) is 7.03. The quantitative estimate of drug-likeness (QED) is 0.855. The maximum absolute atomic E-state index is 10.5. The van der Waals surface area contributed by atoms with E-state index in [4.69, 9.17) is 5.26 Å². The third kappa shape index (κ3) is 4.57. The van der Waals surface area contributed by atoms with Gasteiger partial charge in [0.1, 0.15) is 12.1 Å². The second kappa shape index (κ2) is 8.54. The molecule has 0 amide bonds. The normalized spacial score (nSPS) is 13.2. The third-order valence-electron chi connectivity index (χ3n) is 3.25. The third-order valence-corrected chi connectivity index (χ3v) is 3.25. The van der Waals surface area contributed by atoms with Crippen LogP contribution in [0.2, 0.25) is 0 Å². The zero-order valence-electron chi connectivity index (χ0n) is 12.7. The number of halogens is 1. The predicted octanol–water partition coefficient (Wildman–Crippen LogP) is 2.12. The second-order valence-electron chi connectivity index (χ2n) is 5.28. The maximum Gasteiger partial charge on any atom is 0.162 e. The molecule has 5 nitrogen and oxygen atoms in total. The standard InChI is InChI=1S/C16H20N4O.ClH/c1-12(2)18-11-15(21)16(13-6-4-3-5-7-13)20-9-8-14(10-17)19-20;/h3-9,12,15-16,18,21H,11H2,1-2H3;1H. The average molecular weight is 321 g/mol. The fourth-order valence-electron chi connectivity index (χ4n) is 2.22. The summed E-state index contributed by atoms with van der Waals surface area (Å²) in [5.74, 6) is 0. The molecule has 118 valence electrons. The Morgan fingerprint density at radius 1 is 1.27 bits per heavy atom. The molecule has 1 aromatic heterocycles. The van der Waals surface area contributed by atoms with Gasteiger partial charge in [-0.1, -0.05) is 44.2 Å². The molecule has 0 aliphatic carbocycles. The summed E-state index contributed by atoms with van der Waals surface area (Å²) in [7, 11) is 0. The number of hydrogen-bond donors (Lipinski definition) is 2. The highest BCUT2D eigenvalue weighted by molar-refractivity contribution is 5.85. The lowest BCUT2D eigenvalue weighted by Crippen LogP contribution is -2.38. The molecule has 1 aromatic carbocycles. The smallest absolute Gasteiger partial charge is 0.162 e. The molecule has 22 heavy (non-hydrogen) atoms. The van der Waals surface area contributed by atoms with E-state index in [9.17, 15) is 5.11 Å². The highest BCUT2D eigenvalue weighted by atomic mass is 35.5. The van der Waals surface area contributed by atoms with E-state index in [0.717, 1.165) is 5.56 Å². The van der Waals surface area contributed by atoms with Crippen LogP contribution < -0.4 is 5.32 Å². The summed E-state index contributed by atoms with van der Waals surface area (Å²) >= 11 is 0. The SMILES string of the molecule is CC(C)NCC(O)C(c1ccccc1)n1ccc(C#N)n1.Cl. The van der Waals surface area contributed by atoms with Crippen molar-refractivity contribution in [3.63, 3.8) is 0 Å². The summed E-state index contributed by atoms with van der Waals surface area (Å²) in [6, 6.07) is 13.3. The summed E-state index contributed by atoms with van der Waals surface area (Å²) in [6.07, 6.45) is 1.09. The second-order valence-corrected chi connectivity index (χ2v) is 5.28. The molecule has 0 radical (unpaired) electrons. The van der Waals surface area contributed by atoms with E-state index in [0.29, 0.717) is 18.3 Å². The number of hydrogen-bond acceptors (Lipinski definition) is 4. The summed E-state index contributed by atoms with van der Waals surface area (Å²) in [5, 5.41) is 26.9. The lowest BCUT2D eigenvalue weighted by molar-refractivity contribution is 0.120. The molecule has 2 rings (SSSR count). The Balaban J connectivity index is 0.00000242. The van der Waals surface area contributed by atoms with Gasteiger partial charge >= 0.3 is 0 Å². The molecule has 1 heterocycles. The van der Waals surface area contributed by atoms with Crippen molar-refractivity contribution < 1.29 is 5.11 Å². The number of nitrogens with zero attached hydrogens (tertiary/aromatic N) is 3. The monoisotopic (exact) mass is 320 g/mol. The van der Waals surface area contributed by atoms with Crippen LogP contribution in [0.3, 0.4) is 0 Å². The summed E-state index contributed by atoms with van der Waals surface area (Å²) in [4.78, 5) is 0. The van der Waals surface area contributed by atoms with Gasteiger partial charge in [-0.2, -0.15) is 10.4 Å². The molecule has 2 atom stereocenters. The number of aliphatic hydroxyl groups excluding tert-OH is 1. The molecule has 6 heteroatoms. The lowest BCUT2D eigenvalue weighted by atomic mass is 10.0. The molecule has 0 bridgehead atoms. The van der Waals surface area contributed by atoms with Gasteiger partial charge in [0.2, 0.25) is 0 Å². The van der Waals surface area contributed by atoms with Crippen LogP contribution in [0.15, 0.2) is 42.6 Å². The molecule has 0 spiro atoms. The van der Waals surface area contributed by atoms with Crippen molar-refractivity contribution in [1.82, 2.24) is 15.1 Å². The fourth-order valence-corrected chi connectivity index (χ4v) is 2.22. The van der Waals surface area contributed by atoms with Gasteiger partial charge in [0, 0.05) is 18.8 Å². The van der Waals surface area contributed by atoms with E-state index in [1.807, 2.05) is 50.2 Å². The number of nitrogens with one attached hydrogen (secondary N) is 1. The van der Waals surface area contributed by atoms with Crippen molar-refractivity contribution in [2.75, 3.05) is 6.54 Å².